The summed E-state index contributed by atoms with van der Waals surface area (Å²) in [6.07, 6.45) is 0.841. The van der Waals surface area contributed by atoms with Gasteiger partial charge in [0.2, 0.25) is 0 Å². The third-order valence-corrected chi connectivity index (χ3v) is 3.38. The first kappa shape index (κ1) is 12.6. The summed E-state index contributed by atoms with van der Waals surface area (Å²) in [5.74, 6) is -0.742. The predicted octanol–water partition coefficient (Wildman–Crippen LogP) is 2.21. The first-order chi connectivity index (χ1) is 5.92. The molecule has 0 aromatic carbocycles. The summed E-state index contributed by atoms with van der Waals surface area (Å²) in [4.78, 5) is 10.1. The summed E-state index contributed by atoms with van der Waals surface area (Å²) in [6, 6.07) is 1.15. The Morgan fingerprint density at radius 1 is 1.31 bits per heavy atom. The van der Waals surface area contributed by atoms with E-state index in [1.807, 2.05) is 0 Å². The maximum Gasteiger partial charge on any atom is 0.303 e. The lowest BCUT2D eigenvalue weighted by molar-refractivity contribution is -0.137. The molecule has 0 fully saturated rings. The minimum Gasteiger partial charge on any atom is -0.481 e. The van der Waals surface area contributed by atoms with Crippen LogP contribution in [0.1, 0.15) is 12.8 Å². The molecule has 0 unspecified atom stereocenters. The SMILES string of the molecule is C[Si](C)(C)CCOCCCC(=O)O. The van der Waals surface area contributed by atoms with E-state index in [2.05, 4.69) is 19.6 Å². The molecule has 0 aromatic rings. The van der Waals surface area contributed by atoms with Crippen LogP contribution in [0.15, 0.2) is 0 Å². The molecule has 3 nitrogen and oxygen atoms in total. The van der Waals surface area contributed by atoms with Gasteiger partial charge in [0.1, 0.15) is 0 Å². The zero-order valence-corrected chi connectivity index (χ0v) is 9.80. The zero-order valence-electron chi connectivity index (χ0n) is 8.80. The van der Waals surface area contributed by atoms with E-state index in [9.17, 15) is 4.79 Å². The van der Waals surface area contributed by atoms with E-state index >= 15 is 0 Å². The van der Waals surface area contributed by atoms with Crippen molar-refractivity contribution >= 4 is 14.0 Å². The molecule has 0 aliphatic rings. The van der Waals surface area contributed by atoms with Crippen LogP contribution in [0.4, 0.5) is 0 Å². The van der Waals surface area contributed by atoms with Crippen LogP contribution in [0.3, 0.4) is 0 Å². The van der Waals surface area contributed by atoms with Crippen molar-refractivity contribution in [2.45, 2.75) is 38.5 Å². The van der Waals surface area contributed by atoms with Gasteiger partial charge in [0, 0.05) is 27.7 Å². The van der Waals surface area contributed by atoms with Crippen LogP contribution in [0.2, 0.25) is 25.7 Å². The molecular formula is C9H20O3Si. The summed E-state index contributed by atoms with van der Waals surface area (Å²) >= 11 is 0. The molecule has 4 heteroatoms. The maximum atomic E-state index is 10.1. The van der Waals surface area contributed by atoms with Crippen molar-refractivity contribution in [1.29, 1.82) is 0 Å². The van der Waals surface area contributed by atoms with E-state index in [-0.39, 0.29) is 6.42 Å². The molecule has 0 aromatic heterocycles. The summed E-state index contributed by atoms with van der Waals surface area (Å²) in [6.45, 7) is 8.26. The fraction of sp³-hybridized carbons (Fsp3) is 0.889. The second-order valence-corrected chi connectivity index (χ2v) is 10.0. The Bertz CT molecular complexity index is 151. The number of hydrogen-bond acceptors (Lipinski definition) is 2. The molecule has 0 bridgehead atoms. The molecule has 78 valence electrons. The van der Waals surface area contributed by atoms with Crippen LogP contribution in [0.5, 0.6) is 0 Å². The van der Waals surface area contributed by atoms with Crippen molar-refractivity contribution in [1.82, 2.24) is 0 Å². The van der Waals surface area contributed by atoms with Gasteiger partial charge in [-0.3, -0.25) is 4.79 Å². The summed E-state index contributed by atoms with van der Waals surface area (Å²) in [5.41, 5.74) is 0. The smallest absolute Gasteiger partial charge is 0.303 e. The minimum atomic E-state index is -0.981. The number of carboxylic acids is 1. The number of carbonyl (C=O) groups is 1. The van der Waals surface area contributed by atoms with Gasteiger partial charge in [0.25, 0.3) is 0 Å². The van der Waals surface area contributed by atoms with Crippen molar-refractivity contribution in [3.63, 3.8) is 0 Å². The van der Waals surface area contributed by atoms with E-state index in [4.69, 9.17) is 9.84 Å². The zero-order chi connectivity index (χ0) is 10.3. The number of carboxylic acid groups (broad SMARTS) is 1. The Labute approximate surface area is 81.1 Å². The first-order valence-electron chi connectivity index (χ1n) is 4.71. The monoisotopic (exact) mass is 204 g/mol. The van der Waals surface area contributed by atoms with Gasteiger partial charge in [-0.25, -0.2) is 0 Å². The lowest BCUT2D eigenvalue weighted by atomic mass is 10.3. The summed E-state index contributed by atoms with van der Waals surface area (Å²) in [7, 11) is -0.981. The number of rotatable bonds is 7. The standard InChI is InChI=1S/C9H20O3Si/c1-13(2,3)8-7-12-6-4-5-9(10)11/h4-8H2,1-3H3,(H,10,11). The molecule has 0 spiro atoms. The van der Waals surface area contributed by atoms with Crippen molar-refractivity contribution in [3.05, 3.63) is 0 Å². The van der Waals surface area contributed by atoms with Gasteiger partial charge in [-0.15, -0.1) is 0 Å². The van der Waals surface area contributed by atoms with Crippen molar-refractivity contribution in [3.8, 4) is 0 Å². The van der Waals surface area contributed by atoms with Crippen molar-refractivity contribution in [2.24, 2.45) is 0 Å². The second kappa shape index (κ2) is 6.15. The summed E-state index contributed by atoms with van der Waals surface area (Å²) in [5, 5.41) is 8.35. The molecule has 0 amide bonds. The highest BCUT2D eigenvalue weighted by atomic mass is 28.3. The van der Waals surface area contributed by atoms with Crippen LogP contribution in [-0.4, -0.2) is 32.4 Å². The summed E-state index contributed by atoms with van der Waals surface area (Å²) < 4.78 is 5.33. The topological polar surface area (TPSA) is 46.5 Å². The molecule has 1 N–H and O–H groups in total. The highest BCUT2D eigenvalue weighted by Crippen LogP contribution is 2.07. The van der Waals surface area contributed by atoms with Gasteiger partial charge in [0.15, 0.2) is 0 Å². The predicted molar refractivity (Wildman–Crippen MR) is 55.8 cm³/mol. The third-order valence-electron chi connectivity index (χ3n) is 1.68. The van der Waals surface area contributed by atoms with Crippen LogP contribution in [-0.2, 0) is 9.53 Å². The van der Waals surface area contributed by atoms with E-state index in [1.165, 1.54) is 0 Å². The van der Waals surface area contributed by atoms with Gasteiger partial charge in [-0.05, 0) is 12.5 Å². The molecule has 0 saturated carbocycles. The average molecular weight is 204 g/mol. The van der Waals surface area contributed by atoms with Crippen LogP contribution in [0, 0.1) is 0 Å². The van der Waals surface area contributed by atoms with Crippen molar-refractivity contribution in [2.75, 3.05) is 13.2 Å². The number of aliphatic carboxylic acids is 1. The first-order valence-corrected chi connectivity index (χ1v) is 8.42. The Morgan fingerprint density at radius 3 is 2.38 bits per heavy atom. The van der Waals surface area contributed by atoms with Crippen LogP contribution in [0.25, 0.3) is 0 Å². The third kappa shape index (κ3) is 11.6. The minimum absolute atomic E-state index is 0.215. The van der Waals surface area contributed by atoms with E-state index in [0.29, 0.717) is 13.0 Å². The Morgan fingerprint density at radius 2 is 1.92 bits per heavy atom. The average Bonchev–Trinajstić information content (AvgIpc) is 1.93. The molecule has 0 rings (SSSR count). The Hall–Kier alpha value is -0.353. The largest absolute Gasteiger partial charge is 0.481 e. The molecule has 0 aliphatic heterocycles. The molecule has 0 radical (unpaired) electrons. The highest BCUT2D eigenvalue weighted by molar-refractivity contribution is 6.76. The van der Waals surface area contributed by atoms with Gasteiger partial charge in [-0.2, -0.15) is 0 Å². The fourth-order valence-corrected chi connectivity index (χ4v) is 1.56. The maximum absolute atomic E-state index is 10.1. The van der Waals surface area contributed by atoms with Crippen LogP contribution < -0.4 is 0 Å². The fourth-order valence-electron chi connectivity index (χ4n) is 0.806. The molecule has 0 atom stereocenters. The lowest BCUT2D eigenvalue weighted by Crippen LogP contribution is -2.21. The van der Waals surface area contributed by atoms with Gasteiger partial charge in [0.05, 0.1) is 0 Å². The number of hydrogen-bond donors (Lipinski definition) is 1. The lowest BCUT2D eigenvalue weighted by Gasteiger charge is -2.15. The quantitative estimate of drug-likeness (QED) is 0.511. The molecule has 0 heterocycles. The molecular weight excluding hydrogens is 184 g/mol. The van der Waals surface area contributed by atoms with E-state index in [1.54, 1.807) is 0 Å². The normalized spacial score (nSPS) is 11.6. The van der Waals surface area contributed by atoms with Gasteiger partial charge < -0.3 is 9.84 Å². The molecule has 0 saturated heterocycles. The Balaban J connectivity index is 3.13. The van der Waals surface area contributed by atoms with Gasteiger partial charge in [-0.1, -0.05) is 19.6 Å². The second-order valence-electron chi connectivity index (χ2n) is 4.42. The van der Waals surface area contributed by atoms with Crippen LogP contribution >= 0.6 is 0 Å². The molecule has 0 aliphatic carbocycles. The molecule has 13 heavy (non-hydrogen) atoms. The van der Waals surface area contributed by atoms with Crippen molar-refractivity contribution < 1.29 is 14.6 Å². The Kier molecular flexibility index (Phi) is 5.99. The number of ether oxygens (including phenoxy) is 1. The van der Waals surface area contributed by atoms with E-state index < -0.39 is 14.0 Å². The van der Waals surface area contributed by atoms with E-state index in [0.717, 1.165) is 12.7 Å². The highest BCUT2D eigenvalue weighted by Gasteiger charge is 2.11. The van der Waals surface area contributed by atoms with Gasteiger partial charge >= 0.3 is 5.97 Å².